The molecule has 6 unspecified atom stereocenters. The van der Waals surface area contributed by atoms with Gasteiger partial charge in [-0.25, -0.2) is 4.79 Å². The molecule has 13 heteroatoms. The molecule has 266 valence electrons. The Morgan fingerprint density at radius 3 is 1.13 bits per heavy atom. The quantitative estimate of drug-likeness (QED) is 0.301. The van der Waals surface area contributed by atoms with Crippen LogP contribution in [0.25, 0.3) is 0 Å². The predicted molar refractivity (Wildman–Crippen MR) is 167 cm³/mol. The fourth-order valence-electron chi connectivity index (χ4n) is 6.62. The molecule has 3 aliphatic heterocycles. The van der Waals surface area contributed by atoms with Gasteiger partial charge in [-0.3, -0.25) is 9.59 Å². The molecule has 0 bridgehead atoms. The summed E-state index contributed by atoms with van der Waals surface area (Å²) in [4.78, 5) is 57.1. The second-order valence-electron chi connectivity index (χ2n) is 16.3. The average Bonchev–Trinajstić information content (AvgIpc) is 2.91. The number of piperidine rings is 3. The SMILES string of the molecule is CC1CCN(OC(=O)CC(O)(CC(=O)ON2CCC(C)C(C)(C)C2(C)O)C(=O)ON2CCC(C)C(C)(C)C2(C)O)C(C)(O)C1(C)C. The van der Waals surface area contributed by atoms with E-state index >= 15 is 0 Å². The lowest BCUT2D eigenvalue weighted by Crippen LogP contribution is -2.64. The van der Waals surface area contributed by atoms with Gasteiger partial charge >= 0.3 is 17.9 Å². The summed E-state index contributed by atoms with van der Waals surface area (Å²) in [7, 11) is 0. The summed E-state index contributed by atoms with van der Waals surface area (Å²) < 4.78 is 0. The number of hydrogen-bond donors (Lipinski definition) is 4. The van der Waals surface area contributed by atoms with Gasteiger partial charge in [0.25, 0.3) is 0 Å². The first-order chi connectivity index (χ1) is 20.7. The lowest BCUT2D eigenvalue weighted by molar-refractivity contribution is -0.339. The van der Waals surface area contributed by atoms with E-state index in [1.807, 2.05) is 62.3 Å². The van der Waals surface area contributed by atoms with Gasteiger partial charge in [-0.2, -0.15) is 0 Å². The molecule has 13 nitrogen and oxygen atoms in total. The minimum Gasteiger partial charge on any atom is -0.377 e. The number of nitrogens with zero attached hydrogens (tertiary/aromatic N) is 3. The van der Waals surface area contributed by atoms with Crippen molar-refractivity contribution in [1.29, 1.82) is 0 Å². The Morgan fingerprint density at radius 1 is 0.587 bits per heavy atom. The first kappa shape index (κ1) is 38.6. The van der Waals surface area contributed by atoms with Gasteiger partial charge in [0.2, 0.25) is 0 Å². The summed E-state index contributed by atoms with van der Waals surface area (Å²) >= 11 is 0. The summed E-state index contributed by atoms with van der Waals surface area (Å²) in [5, 5.41) is 49.2. The third-order valence-electron chi connectivity index (χ3n) is 13.0. The van der Waals surface area contributed by atoms with Crippen molar-refractivity contribution in [1.82, 2.24) is 15.2 Å². The van der Waals surface area contributed by atoms with Crippen molar-refractivity contribution in [3.05, 3.63) is 0 Å². The number of carbonyl (C=O) groups is 3. The lowest BCUT2D eigenvalue weighted by atomic mass is 9.68. The van der Waals surface area contributed by atoms with Crippen molar-refractivity contribution in [3.8, 4) is 0 Å². The van der Waals surface area contributed by atoms with E-state index in [-0.39, 0.29) is 37.4 Å². The third-order valence-corrected chi connectivity index (χ3v) is 13.0. The molecule has 3 fully saturated rings. The Hall–Kier alpha value is -1.87. The van der Waals surface area contributed by atoms with Crippen LogP contribution in [-0.4, -0.2) is 95.9 Å². The summed E-state index contributed by atoms with van der Waals surface area (Å²) in [5.74, 6) is -3.26. The molecule has 3 rings (SSSR count). The van der Waals surface area contributed by atoms with Crippen LogP contribution in [0.5, 0.6) is 0 Å². The van der Waals surface area contributed by atoms with Gasteiger partial charge < -0.3 is 34.9 Å². The van der Waals surface area contributed by atoms with E-state index in [1.165, 1.54) is 20.8 Å². The Labute approximate surface area is 274 Å². The number of hydrogen-bond acceptors (Lipinski definition) is 13. The van der Waals surface area contributed by atoms with Crippen molar-refractivity contribution in [2.75, 3.05) is 19.6 Å². The summed E-state index contributed by atoms with van der Waals surface area (Å²) in [5.41, 5.74) is -9.66. The highest BCUT2D eigenvalue weighted by Gasteiger charge is 2.57. The molecule has 0 aromatic heterocycles. The lowest BCUT2D eigenvalue weighted by Gasteiger charge is -2.53. The molecule has 6 atom stereocenters. The standard InChI is InChI=1S/C33H59N3O10/c1-21-13-16-34(30(10,40)27(21,4)5)44-24(37)19-33(43,26(39)46-36-18-15-23(3)29(8,9)32(36,12)42)20-25(38)45-35-17-14-22(2)28(6,7)31(35,11)41/h21-23,40-43H,13-20H2,1-12H3. The molecule has 0 radical (unpaired) electrons. The van der Waals surface area contributed by atoms with E-state index in [9.17, 15) is 34.8 Å². The van der Waals surface area contributed by atoms with Gasteiger partial charge in [-0.05, 0) is 57.8 Å². The average molecular weight is 658 g/mol. The zero-order valence-electron chi connectivity index (χ0n) is 30.0. The fourth-order valence-corrected chi connectivity index (χ4v) is 6.62. The molecule has 3 aliphatic rings. The van der Waals surface area contributed by atoms with E-state index in [0.717, 1.165) is 15.2 Å². The van der Waals surface area contributed by atoms with E-state index in [4.69, 9.17) is 14.5 Å². The second kappa shape index (κ2) is 12.5. The van der Waals surface area contributed by atoms with E-state index in [1.54, 1.807) is 0 Å². The zero-order chi connectivity index (χ0) is 35.5. The van der Waals surface area contributed by atoms with Crippen LogP contribution in [0.4, 0.5) is 0 Å². The molecule has 0 aromatic carbocycles. The molecule has 3 heterocycles. The van der Waals surface area contributed by atoms with Crippen molar-refractivity contribution >= 4 is 17.9 Å². The Balaban J connectivity index is 1.87. The first-order valence-corrected chi connectivity index (χ1v) is 16.5. The molecule has 3 saturated heterocycles. The number of hydroxylamine groups is 6. The van der Waals surface area contributed by atoms with Crippen molar-refractivity contribution in [2.45, 2.75) is 138 Å². The molecule has 0 spiro atoms. The van der Waals surface area contributed by atoms with Crippen LogP contribution in [0, 0.1) is 34.0 Å². The van der Waals surface area contributed by atoms with Gasteiger partial charge in [-0.15, -0.1) is 15.2 Å². The molecule has 4 N–H and O–H groups in total. The Kier molecular flexibility index (Phi) is 10.5. The largest absolute Gasteiger partial charge is 0.377 e. The predicted octanol–water partition coefficient (Wildman–Crippen LogP) is 3.10. The molecule has 0 saturated carbocycles. The van der Waals surface area contributed by atoms with Gasteiger partial charge in [0.05, 0.1) is 12.8 Å². The van der Waals surface area contributed by atoms with Crippen LogP contribution in [0.2, 0.25) is 0 Å². The highest BCUT2D eigenvalue weighted by atomic mass is 16.7. The molecule has 0 aromatic rings. The highest BCUT2D eigenvalue weighted by Crippen LogP contribution is 2.48. The topological polar surface area (TPSA) is 170 Å². The van der Waals surface area contributed by atoms with Gasteiger partial charge in [0, 0.05) is 35.9 Å². The summed E-state index contributed by atoms with van der Waals surface area (Å²) in [6.07, 6.45) is -0.248. The maximum absolute atomic E-state index is 13.7. The molecule has 0 aliphatic carbocycles. The van der Waals surface area contributed by atoms with Gasteiger partial charge in [-0.1, -0.05) is 62.3 Å². The Morgan fingerprint density at radius 2 is 0.848 bits per heavy atom. The summed E-state index contributed by atoms with van der Waals surface area (Å²) in [6, 6.07) is 0. The van der Waals surface area contributed by atoms with E-state index < -0.39 is 69.8 Å². The zero-order valence-corrected chi connectivity index (χ0v) is 30.0. The van der Waals surface area contributed by atoms with Gasteiger partial charge in [0.1, 0.15) is 0 Å². The molecular formula is C33H59N3O10. The fraction of sp³-hybridized carbons (Fsp3) is 0.909. The van der Waals surface area contributed by atoms with Crippen LogP contribution < -0.4 is 0 Å². The van der Waals surface area contributed by atoms with Crippen LogP contribution in [0.15, 0.2) is 0 Å². The number of carbonyl (C=O) groups excluding carboxylic acids is 3. The maximum Gasteiger partial charge on any atom is 0.358 e. The highest BCUT2D eigenvalue weighted by molar-refractivity contribution is 5.90. The molecular weight excluding hydrogens is 598 g/mol. The third kappa shape index (κ3) is 6.57. The second-order valence-corrected chi connectivity index (χ2v) is 16.3. The maximum atomic E-state index is 13.7. The number of aliphatic hydroxyl groups is 4. The van der Waals surface area contributed by atoms with Crippen LogP contribution in [0.3, 0.4) is 0 Å². The molecule has 46 heavy (non-hydrogen) atoms. The normalized spacial score (nSPS) is 38.0. The van der Waals surface area contributed by atoms with E-state index in [0.29, 0.717) is 19.3 Å². The van der Waals surface area contributed by atoms with Crippen molar-refractivity contribution < 1.29 is 49.3 Å². The monoisotopic (exact) mass is 657 g/mol. The van der Waals surface area contributed by atoms with Gasteiger partial charge in [0.15, 0.2) is 22.8 Å². The molecule has 0 amide bonds. The van der Waals surface area contributed by atoms with Crippen molar-refractivity contribution in [2.24, 2.45) is 34.0 Å². The Bertz CT molecular complexity index is 1110. The summed E-state index contributed by atoms with van der Waals surface area (Å²) in [6.45, 7) is 22.1. The minimum atomic E-state index is -2.79. The van der Waals surface area contributed by atoms with Crippen molar-refractivity contribution in [3.63, 3.8) is 0 Å². The van der Waals surface area contributed by atoms with Crippen LogP contribution >= 0.6 is 0 Å². The minimum absolute atomic E-state index is 0.0647. The first-order valence-electron chi connectivity index (χ1n) is 16.5. The number of rotatable bonds is 8. The smallest absolute Gasteiger partial charge is 0.358 e. The van der Waals surface area contributed by atoms with E-state index in [2.05, 4.69) is 0 Å². The van der Waals surface area contributed by atoms with Crippen LogP contribution in [-0.2, 0) is 28.9 Å². The van der Waals surface area contributed by atoms with Crippen LogP contribution in [0.1, 0.15) is 115 Å².